The molecule has 0 aromatic heterocycles. The van der Waals surface area contributed by atoms with Crippen LogP contribution in [0.4, 0.5) is 10.1 Å². The largest absolute Gasteiger partial charge is 0.494 e. The molecule has 0 aliphatic carbocycles. The molecule has 0 radical (unpaired) electrons. The molecule has 0 atom stereocenters. The lowest BCUT2D eigenvalue weighted by molar-refractivity contribution is -0.117. The van der Waals surface area contributed by atoms with Gasteiger partial charge in [-0.1, -0.05) is 0 Å². The van der Waals surface area contributed by atoms with Crippen molar-refractivity contribution in [2.45, 2.75) is 12.8 Å². The summed E-state index contributed by atoms with van der Waals surface area (Å²) in [5.41, 5.74) is 0.654. The van der Waals surface area contributed by atoms with Gasteiger partial charge in [-0.05, 0) is 18.6 Å². The Morgan fingerprint density at radius 1 is 1.47 bits per heavy atom. The van der Waals surface area contributed by atoms with Crippen molar-refractivity contribution >= 4 is 11.6 Å². The molecule has 1 aliphatic heterocycles. The summed E-state index contributed by atoms with van der Waals surface area (Å²) in [6.45, 7) is 0.681. The minimum Gasteiger partial charge on any atom is -0.494 e. The van der Waals surface area contributed by atoms with Crippen molar-refractivity contribution in [2.75, 3.05) is 18.6 Å². The summed E-state index contributed by atoms with van der Waals surface area (Å²) in [5.74, 6) is 0.118. The lowest BCUT2D eigenvalue weighted by atomic mass is 10.2. The molecule has 80 valence electrons. The van der Waals surface area contributed by atoms with Crippen LogP contribution in [-0.2, 0) is 4.79 Å². The fraction of sp³-hybridized carbons (Fsp3) is 0.364. The van der Waals surface area contributed by atoms with Crippen molar-refractivity contribution in [3.05, 3.63) is 24.0 Å². The van der Waals surface area contributed by atoms with E-state index in [2.05, 4.69) is 0 Å². The Balaban J connectivity index is 2.38. The molecular formula is C11H12FNO2. The highest BCUT2D eigenvalue weighted by Crippen LogP contribution is 2.31. The van der Waals surface area contributed by atoms with E-state index in [1.54, 1.807) is 11.0 Å². The lowest BCUT2D eigenvalue weighted by Crippen LogP contribution is -2.24. The Bertz CT molecular complexity index is 392. The number of nitrogens with zero attached hydrogens (tertiary/aromatic N) is 1. The van der Waals surface area contributed by atoms with Crippen LogP contribution in [0.3, 0.4) is 0 Å². The van der Waals surface area contributed by atoms with E-state index in [1.165, 1.54) is 19.2 Å². The zero-order chi connectivity index (χ0) is 10.8. The van der Waals surface area contributed by atoms with Crippen molar-refractivity contribution < 1.29 is 13.9 Å². The molecule has 1 fully saturated rings. The second-order valence-electron chi connectivity index (χ2n) is 3.47. The van der Waals surface area contributed by atoms with Gasteiger partial charge in [0.15, 0.2) is 0 Å². The summed E-state index contributed by atoms with van der Waals surface area (Å²) in [4.78, 5) is 13.1. The highest BCUT2D eigenvalue weighted by Gasteiger charge is 2.24. The number of ether oxygens (including phenoxy) is 1. The van der Waals surface area contributed by atoms with Gasteiger partial charge >= 0.3 is 0 Å². The fourth-order valence-electron chi connectivity index (χ4n) is 1.78. The van der Waals surface area contributed by atoms with E-state index in [1.807, 2.05) is 0 Å². The van der Waals surface area contributed by atoms with Crippen LogP contribution in [0.15, 0.2) is 18.2 Å². The van der Waals surface area contributed by atoms with E-state index in [9.17, 15) is 9.18 Å². The van der Waals surface area contributed by atoms with Crippen LogP contribution >= 0.6 is 0 Å². The molecular weight excluding hydrogens is 197 g/mol. The average molecular weight is 209 g/mol. The van der Waals surface area contributed by atoms with Gasteiger partial charge in [0.2, 0.25) is 5.91 Å². The Labute approximate surface area is 87.5 Å². The first-order chi connectivity index (χ1) is 7.22. The normalized spacial score (nSPS) is 15.9. The number of halogens is 1. The lowest BCUT2D eigenvalue weighted by Gasteiger charge is -2.18. The molecule has 1 amide bonds. The first kappa shape index (κ1) is 9.96. The number of amides is 1. The maximum absolute atomic E-state index is 12.9. The molecule has 1 saturated heterocycles. The summed E-state index contributed by atoms with van der Waals surface area (Å²) in [6, 6.07) is 4.21. The van der Waals surface area contributed by atoms with Crippen molar-refractivity contribution in [2.24, 2.45) is 0 Å². The molecule has 1 heterocycles. The van der Waals surface area contributed by atoms with Gasteiger partial charge in [0, 0.05) is 19.0 Å². The second kappa shape index (κ2) is 3.88. The van der Waals surface area contributed by atoms with Crippen LogP contribution in [0.5, 0.6) is 5.75 Å². The molecule has 3 nitrogen and oxygen atoms in total. The van der Waals surface area contributed by atoms with E-state index in [0.29, 0.717) is 24.4 Å². The predicted molar refractivity (Wildman–Crippen MR) is 54.5 cm³/mol. The van der Waals surface area contributed by atoms with Gasteiger partial charge in [-0.25, -0.2) is 4.39 Å². The molecule has 0 saturated carbocycles. The molecule has 0 spiro atoms. The number of carbonyl (C=O) groups is 1. The van der Waals surface area contributed by atoms with Crippen LogP contribution in [0.25, 0.3) is 0 Å². The first-order valence-electron chi connectivity index (χ1n) is 4.86. The molecule has 4 heteroatoms. The highest BCUT2D eigenvalue weighted by atomic mass is 19.1. The first-order valence-corrected chi connectivity index (χ1v) is 4.86. The van der Waals surface area contributed by atoms with E-state index in [0.717, 1.165) is 6.42 Å². The minimum atomic E-state index is -0.359. The molecule has 0 bridgehead atoms. The predicted octanol–water partition coefficient (Wildman–Crippen LogP) is 1.96. The number of hydrogen-bond donors (Lipinski definition) is 0. The Morgan fingerprint density at radius 2 is 2.27 bits per heavy atom. The third-order valence-corrected chi connectivity index (χ3v) is 2.51. The van der Waals surface area contributed by atoms with Crippen molar-refractivity contribution in [3.8, 4) is 5.75 Å². The molecule has 1 aromatic carbocycles. The maximum atomic E-state index is 12.9. The number of hydrogen-bond acceptors (Lipinski definition) is 2. The molecule has 2 rings (SSSR count). The van der Waals surface area contributed by atoms with Gasteiger partial charge in [-0.15, -0.1) is 0 Å². The van der Waals surface area contributed by atoms with Gasteiger partial charge in [0.25, 0.3) is 0 Å². The van der Waals surface area contributed by atoms with Crippen molar-refractivity contribution in [1.29, 1.82) is 0 Å². The number of benzene rings is 1. The summed E-state index contributed by atoms with van der Waals surface area (Å²) in [7, 11) is 1.47. The summed E-state index contributed by atoms with van der Waals surface area (Å²) in [6.07, 6.45) is 1.40. The van der Waals surface area contributed by atoms with Gasteiger partial charge in [0.1, 0.15) is 11.6 Å². The molecule has 1 aliphatic rings. The van der Waals surface area contributed by atoms with Crippen LogP contribution in [0, 0.1) is 5.82 Å². The van der Waals surface area contributed by atoms with Crippen LogP contribution in [0.1, 0.15) is 12.8 Å². The SMILES string of the molecule is COc1cc(F)ccc1N1CCCC1=O. The van der Waals surface area contributed by atoms with E-state index >= 15 is 0 Å². The molecule has 15 heavy (non-hydrogen) atoms. The van der Waals surface area contributed by atoms with E-state index in [4.69, 9.17) is 4.74 Å². The van der Waals surface area contributed by atoms with Gasteiger partial charge < -0.3 is 9.64 Å². The Morgan fingerprint density at radius 3 is 2.87 bits per heavy atom. The Hall–Kier alpha value is -1.58. The summed E-state index contributed by atoms with van der Waals surface area (Å²) >= 11 is 0. The highest BCUT2D eigenvalue weighted by molar-refractivity contribution is 5.96. The number of rotatable bonds is 2. The third-order valence-electron chi connectivity index (χ3n) is 2.51. The number of carbonyl (C=O) groups excluding carboxylic acids is 1. The van der Waals surface area contributed by atoms with Crippen LogP contribution < -0.4 is 9.64 Å². The molecule has 0 N–H and O–H groups in total. The fourth-order valence-corrected chi connectivity index (χ4v) is 1.78. The molecule has 1 aromatic rings. The second-order valence-corrected chi connectivity index (χ2v) is 3.47. The summed E-state index contributed by atoms with van der Waals surface area (Å²) < 4.78 is 18.0. The number of methoxy groups -OCH3 is 1. The van der Waals surface area contributed by atoms with Gasteiger partial charge in [-0.3, -0.25) is 4.79 Å². The maximum Gasteiger partial charge on any atom is 0.227 e. The van der Waals surface area contributed by atoms with Gasteiger partial charge in [-0.2, -0.15) is 0 Å². The van der Waals surface area contributed by atoms with Crippen LogP contribution in [-0.4, -0.2) is 19.6 Å². The number of anilines is 1. The van der Waals surface area contributed by atoms with Crippen molar-refractivity contribution in [3.63, 3.8) is 0 Å². The van der Waals surface area contributed by atoms with E-state index in [-0.39, 0.29) is 11.7 Å². The zero-order valence-electron chi connectivity index (χ0n) is 8.50. The summed E-state index contributed by atoms with van der Waals surface area (Å²) in [5, 5.41) is 0. The van der Waals surface area contributed by atoms with Crippen molar-refractivity contribution in [1.82, 2.24) is 0 Å². The standard InChI is InChI=1S/C11H12FNO2/c1-15-10-7-8(12)4-5-9(10)13-6-2-3-11(13)14/h4-5,7H,2-3,6H2,1H3. The average Bonchev–Trinajstić information content (AvgIpc) is 2.64. The quantitative estimate of drug-likeness (QED) is 0.745. The van der Waals surface area contributed by atoms with Gasteiger partial charge in [0.05, 0.1) is 12.8 Å². The smallest absolute Gasteiger partial charge is 0.227 e. The van der Waals surface area contributed by atoms with Crippen LogP contribution in [0.2, 0.25) is 0 Å². The zero-order valence-corrected chi connectivity index (χ0v) is 8.50. The topological polar surface area (TPSA) is 29.5 Å². The monoisotopic (exact) mass is 209 g/mol. The molecule has 0 unspecified atom stereocenters. The third kappa shape index (κ3) is 1.79. The van der Waals surface area contributed by atoms with E-state index < -0.39 is 0 Å². The Kier molecular flexibility index (Phi) is 2.58. The minimum absolute atomic E-state index is 0.0694.